The van der Waals surface area contributed by atoms with Gasteiger partial charge >= 0.3 is 0 Å². The predicted molar refractivity (Wildman–Crippen MR) is 48.5 cm³/mol. The van der Waals surface area contributed by atoms with Crippen LogP contribution in [0.4, 0.5) is 4.39 Å². The quantitative estimate of drug-likeness (QED) is 0.729. The fraction of sp³-hybridized carbons (Fsp3) is 0. The second-order valence-electron chi connectivity index (χ2n) is 2.60. The molecule has 0 aliphatic carbocycles. The summed E-state index contributed by atoms with van der Waals surface area (Å²) in [4.78, 5) is 7.72. The van der Waals surface area contributed by atoms with Crippen molar-refractivity contribution < 1.29 is 9.13 Å². The molecule has 70 valence electrons. The molecule has 2 aromatic rings. The molecule has 0 amide bonds. The lowest BCUT2D eigenvalue weighted by molar-refractivity contribution is 0.455. The number of ether oxygens (including phenoxy) is 1. The fourth-order valence-electron chi connectivity index (χ4n) is 0.989. The fourth-order valence-corrected chi connectivity index (χ4v) is 0.989. The van der Waals surface area contributed by atoms with Crippen molar-refractivity contribution in [2.24, 2.45) is 0 Å². The summed E-state index contributed by atoms with van der Waals surface area (Å²) in [6, 6.07) is 5.86. The van der Waals surface area contributed by atoms with Gasteiger partial charge in [0, 0.05) is 18.5 Å². The van der Waals surface area contributed by atoms with Gasteiger partial charge in [-0.15, -0.1) is 0 Å². The van der Waals surface area contributed by atoms with Gasteiger partial charge < -0.3 is 4.74 Å². The van der Waals surface area contributed by atoms with Crippen molar-refractivity contribution >= 4 is 0 Å². The van der Waals surface area contributed by atoms with E-state index in [0.29, 0.717) is 11.6 Å². The third-order valence-corrected chi connectivity index (χ3v) is 1.56. The van der Waals surface area contributed by atoms with Crippen molar-refractivity contribution in [2.45, 2.75) is 0 Å². The molecule has 0 unspecified atom stereocenters. The first kappa shape index (κ1) is 8.62. The van der Waals surface area contributed by atoms with Crippen LogP contribution in [-0.4, -0.2) is 9.97 Å². The molecular weight excluding hydrogens is 183 g/mol. The minimum absolute atomic E-state index is 0.341. The van der Waals surface area contributed by atoms with Gasteiger partial charge in [-0.3, -0.25) is 4.98 Å². The highest BCUT2D eigenvalue weighted by Crippen LogP contribution is 2.18. The van der Waals surface area contributed by atoms with Crippen molar-refractivity contribution in [3.05, 3.63) is 48.7 Å². The van der Waals surface area contributed by atoms with Crippen LogP contribution in [0.3, 0.4) is 0 Å². The van der Waals surface area contributed by atoms with E-state index < -0.39 is 0 Å². The van der Waals surface area contributed by atoms with E-state index in [1.54, 1.807) is 18.3 Å². The summed E-state index contributed by atoms with van der Waals surface area (Å²) < 4.78 is 18.0. The first-order valence-corrected chi connectivity index (χ1v) is 4.04. The minimum atomic E-state index is -0.341. The van der Waals surface area contributed by atoms with Crippen molar-refractivity contribution in [1.29, 1.82) is 0 Å². The maximum Gasteiger partial charge on any atom is 0.237 e. The third-order valence-electron chi connectivity index (χ3n) is 1.56. The highest BCUT2D eigenvalue weighted by molar-refractivity contribution is 5.26. The maximum absolute atomic E-state index is 12.8. The summed E-state index contributed by atoms with van der Waals surface area (Å²) >= 11 is 0. The molecule has 0 saturated heterocycles. The van der Waals surface area contributed by atoms with Crippen LogP contribution < -0.4 is 4.74 Å². The minimum Gasteiger partial charge on any atom is -0.437 e. The van der Waals surface area contributed by atoms with Crippen LogP contribution in [0.15, 0.2) is 42.9 Å². The molecule has 2 rings (SSSR count). The molecule has 0 aliphatic rings. The summed E-state index contributed by atoms with van der Waals surface area (Å²) in [5.41, 5.74) is 0. The highest BCUT2D eigenvalue weighted by Gasteiger charge is 1.98. The van der Waals surface area contributed by atoms with Crippen molar-refractivity contribution in [1.82, 2.24) is 9.97 Å². The summed E-state index contributed by atoms with van der Waals surface area (Å²) in [6.07, 6.45) is 4.51. The smallest absolute Gasteiger partial charge is 0.237 e. The molecule has 0 radical (unpaired) electrons. The Morgan fingerprint density at radius 2 is 2.14 bits per heavy atom. The summed E-state index contributed by atoms with van der Waals surface area (Å²) in [5, 5.41) is 0. The van der Waals surface area contributed by atoms with Gasteiger partial charge in [0.05, 0.1) is 6.20 Å². The predicted octanol–water partition coefficient (Wildman–Crippen LogP) is 2.41. The topological polar surface area (TPSA) is 35.0 Å². The Kier molecular flexibility index (Phi) is 2.36. The molecule has 0 aliphatic heterocycles. The van der Waals surface area contributed by atoms with E-state index in [9.17, 15) is 4.39 Å². The molecule has 1 heterocycles. The van der Waals surface area contributed by atoms with Gasteiger partial charge in [-0.2, -0.15) is 0 Å². The van der Waals surface area contributed by atoms with E-state index in [1.807, 2.05) is 0 Å². The second-order valence-corrected chi connectivity index (χ2v) is 2.60. The molecule has 0 bridgehead atoms. The Labute approximate surface area is 80.2 Å². The zero-order chi connectivity index (χ0) is 9.80. The first-order chi connectivity index (χ1) is 6.84. The maximum atomic E-state index is 12.8. The molecule has 0 fully saturated rings. The average Bonchev–Trinajstić information content (AvgIpc) is 2.19. The SMILES string of the molecule is Fc1cccc(Oc2cnccn2)c1. The van der Waals surface area contributed by atoms with Gasteiger partial charge in [0.15, 0.2) is 0 Å². The van der Waals surface area contributed by atoms with E-state index in [0.717, 1.165) is 0 Å². The summed E-state index contributed by atoms with van der Waals surface area (Å²) in [7, 11) is 0. The molecule has 14 heavy (non-hydrogen) atoms. The molecule has 0 spiro atoms. The molecule has 0 atom stereocenters. The Morgan fingerprint density at radius 3 is 2.86 bits per heavy atom. The largest absolute Gasteiger partial charge is 0.437 e. The van der Waals surface area contributed by atoms with Crippen molar-refractivity contribution in [3.63, 3.8) is 0 Å². The third kappa shape index (κ3) is 2.04. The van der Waals surface area contributed by atoms with Crippen LogP contribution in [0.25, 0.3) is 0 Å². The van der Waals surface area contributed by atoms with Crippen LogP contribution in [0.2, 0.25) is 0 Å². The molecule has 4 heteroatoms. The number of halogens is 1. The normalized spacial score (nSPS) is 9.79. The molecule has 1 aromatic carbocycles. The van der Waals surface area contributed by atoms with Crippen LogP contribution >= 0.6 is 0 Å². The van der Waals surface area contributed by atoms with Crippen LogP contribution in [0.5, 0.6) is 11.6 Å². The van der Waals surface area contributed by atoms with Crippen LogP contribution in [0.1, 0.15) is 0 Å². The van der Waals surface area contributed by atoms with Crippen LogP contribution in [-0.2, 0) is 0 Å². The summed E-state index contributed by atoms with van der Waals surface area (Å²) in [6.45, 7) is 0. The van der Waals surface area contributed by atoms with Gasteiger partial charge in [0.1, 0.15) is 11.6 Å². The average molecular weight is 190 g/mol. The lowest BCUT2D eigenvalue weighted by Crippen LogP contribution is -1.88. The molecule has 3 nitrogen and oxygen atoms in total. The molecular formula is C10H7FN2O. The van der Waals surface area contributed by atoms with Gasteiger partial charge in [0.25, 0.3) is 0 Å². The number of hydrogen-bond donors (Lipinski definition) is 0. The Hall–Kier alpha value is -1.97. The standard InChI is InChI=1S/C10H7FN2O/c11-8-2-1-3-9(6-8)14-10-7-12-4-5-13-10/h1-7H. The highest BCUT2D eigenvalue weighted by atomic mass is 19.1. The van der Waals surface area contributed by atoms with E-state index in [-0.39, 0.29) is 5.82 Å². The van der Waals surface area contributed by atoms with Crippen molar-refractivity contribution in [2.75, 3.05) is 0 Å². The molecule has 0 N–H and O–H groups in total. The Balaban J connectivity index is 2.19. The van der Waals surface area contributed by atoms with Gasteiger partial charge in [-0.25, -0.2) is 9.37 Å². The number of hydrogen-bond acceptors (Lipinski definition) is 3. The first-order valence-electron chi connectivity index (χ1n) is 4.04. The van der Waals surface area contributed by atoms with Crippen molar-refractivity contribution in [3.8, 4) is 11.6 Å². The van der Waals surface area contributed by atoms with Crippen LogP contribution in [0, 0.1) is 5.82 Å². The number of nitrogens with zero attached hydrogens (tertiary/aromatic N) is 2. The van der Waals surface area contributed by atoms with Gasteiger partial charge in [-0.1, -0.05) is 6.07 Å². The Morgan fingerprint density at radius 1 is 1.21 bits per heavy atom. The Bertz CT molecular complexity index is 419. The second kappa shape index (κ2) is 3.83. The zero-order valence-corrected chi connectivity index (χ0v) is 7.22. The number of aromatic nitrogens is 2. The summed E-state index contributed by atoms with van der Waals surface area (Å²) in [5.74, 6) is 0.412. The zero-order valence-electron chi connectivity index (χ0n) is 7.22. The van der Waals surface area contributed by atoms with E-state index in [1.165, 1.54) is 24.5 Å². The number of benzene rings is 1. The van der Waals surface area contributed by atoms with Gasteiger partial charge in [-0.05, 0) is 12.1 Å². The van der Waals surface area contributed by atoms with Gasteiger partial charge in [0.2, 0.25) is 5.88 Å². The van der Waals surface area contributed by atoms with E-state index in [2.05, 4.69) is 9.97 Å². The van der Waals surface area contributed by atoms with E-state index in [4.69, 9.17) is 4.74 Å². The molecule has 1 aromatic heterocycles. The lowest BCUT2D eigenvalue weighted by atomic mass is 10.3. The molecule has 0 saturated carbocycles. The number of rotatable bonds is 2. The lowest BCUT2D eigenvalue weighted by Gasteiger charge is -2.02. The monoisotopic (exact) mass is 190 g/mol. The van der Waals surface area contributed by atoms with E-state index >= 15 is 0 Å².